The normalized spacial score (nSPS) is 22.9. The van der Waals surface area contributed by atoms with Gasteiger partial charge in [-0.25, -0.2) is 4.79 Å². The molecule has 0 spiro atoms. The molecule has 2 fully saturated rings. The van der Waals surface area contributed by atoms with Gasteiger partial charge in [-0.05, 0) is 38.0 Å². The second-order valence-electron chi connectivity index (χ2n) is 8.39. The zero-order valence-electron chi connectivity index (χ0n) is 17.4. The maximum Gasteiger partial charge on any atom is 0.317 e. The predicted octanol–water partition coefficient (Wildman–Crippen LogP) is 0.910. The van der Waals surface area contributed by atoms with E-state index in [4.69, 9.17) is 5.73 Å². The number of hydrogen-bond acceptors (Lipinski definition) is 4. The molecule has 2 rings (SSSR count). The number of amides is 4. The Morgan fingerprint density at radius 3 is 2.57 bits per heavy atom. The molecule has 4 amide bonds. The molecule has 28 heavy (non-hydrogen) atoms. The summed E-state index contributed by atoms with van der Waals surface area (Å²) in [6.07, 6.45) is 4.93. The number of likely N-dealkylation sites (tertiary alicyclic amines) is 2. The van der Waals surface area contributed by atoms with Gasteiger partial charge in [0, 0.05) is 51.7 Å². The molecule has 2 saturated heterocycles. The van der Waals surface area contributed by atoms with E-state index in [9.17, 15) is 14.4 Å². The summed E-state index contributed by atoms with van der Waals surface area (Å²) in [6.45, 7) is 7.48. The fraction of sp³-hybridized carbons (Fsp3) is 0.850. The van der Waals surface area contributed by atoms with E-state index in [0.717, 1.165) is 38.6 Å². The van der Waals surface area contributed by atoms with Gasteiger partial charge in [-0.2, -0.15) is 0 Å². The first-order valence-corrected chi connectivity index (χ1v) is 10.7. The summed E-state index contributed by atoms with van der Waals surface area (Å²) in [6, 6.07) is -0.0384. The van der Waals surface area contributed by atoms with Gasteiger partial charge >= 0.3 is 6.03 Å². The molecule has 2 unspecified atom stereocenters. The summed E-state index contributed by atoms with van der Waals surface area (Å²) >= 11 is 0. The minimum absolute atomic E-state index is 0.0353. The van der Waals surface area contributed by atoms with Crippen LogP contribution in [0.2, 0.25) is 0 Å². The van der Waals surface area contributed by atoms with Crippen LogP contribution < -0.4 is 16.4 Å². The summed E-state index contributed by atoms with van der Waals surface area (Å²) in [5.41, 5.74) is 5.42. The van der Waals surface area contributed by atoms with E-state index in [1.807, 2.05) is 4.90 Å². The number of nitrogens with one attached hydrogen (secondary N) is 2. The second-order valence-corrected chi connectivity index (χ2v) is 8.39. The third kappa shape index (κ3) is 6.65. The van der Waals surface area contributed by atoms with Crippen LogP contribution in [-0.4, -0.2) is 73.0 Å². The van der Waals surface area contributed by atoms with Crippen LogP contribution >= 0.6 is 0 Å². The molecule has 0 aliphatic carbocycles. The SMILES string of the molecule is CC(C)CNC(=O)N1CCCC(C(=O)N2CCCCC2CNC(=O)CCN)C1. The summed E-state index contributed by atoms with van der Waals surface area (Å²) in [7, 11) is 0. The third-order valence-electron chi connectivity index (χ3n) is 5.54. The van der Waals surface area contributed by atoms with Gasteiger partial charge in [0.15, 0.2) is 0 Å². The molecule has 0 aromatic heterocycles. The fourth-order valence-electron chi connectivity index (χ4n) is 3.95. The number of carbonyl (C=O) groups excluding carboxylic acids is 3. The maximum atomic E-state index is 13.2. The molecule has 0 aromatic rings. The quantitative estimate of drug-likeness (QED) is 0.595. The number of urea groups is 1. The topological polar surface area (TPSA) is 108 Å². The molecule has 2 atom stereocenters. The van der Waals surface area contributed by atoms with Gasteiger partial charge in [0.1, 0.15) is 0 Å². The molecule has 8 nitrogen and oxygen atoms in total. The number of rotatable bonds is 7. The van der Waals surface area contributed by atoms with Crippen LogP contribution in [0.4, 0.5) is 4.79 Å². The molecular formula is C20H37N5O3. The van der Waals surface area contributed by atoms with Crippen LogP contribution in [0.25, 0.3) is 0 Å². The van der Waals surface area contributed by atoms with Gasteiger partial charge in [-0.3, -0.25) is 9.59 Å². The first kappa shape index (κ1) is 22.5. The molecule has 160 valence electrons. The monoisotopic (exact) mass is 395 g/mol. The Kier molecular flexibility index (Phi) is 9.02. The Balaban J connectivity index is 1.91. The molecule has 0 bridgehead atoms. The Hall–Kier alpha value is -1.83. The van der Waals surface area contributed by atoms with Crippen LogP contribution in [0.15, 0.2) is 0 Å². The Labute approximate surface area is 168 Å². The van der Waals surface area contributed by atoms with Crippen molar-refractivity contribution in [2.45, 2.75) is 58.4 Å². The van der Waals surface area contributed by atoms with Crippen molar-refractivity contribution in [2.24, 2.45) is 17.6 Å². The van der Waals surface area contributed by atoms with E-state index >= 15 is 0 Å². The van der Waals surface area contributed by atoms with Crippen molar-refractivity contribution < 1.29 is 14.4 Å². The lowest BCUT2D eigenvalue weighted by Crippen LogP contribution is -2.54. The molecule has 8 heteroatoms. The van der Waals surface area contributed by atoms with Gasteiger partial charge in [0.25, 0.3) is 0 Å². The van der Waals surface area contributed by atoms with E-state index in [1.54, 1.807) is 4.90 Å². The van der Waals surface area contributed by atoms with E-state index < -0.39 is 0 Å². The first-order chi connectivity index (χ1) is 13.4. The van der Waals surface area contributed by atoms with Crippen molar-refractivity contribution >= 4 is 17.8 Å². The molecule has 0 radical (unpaired) electrons. The third-order valence-corrected chi connectivity index (χ3v) is 5.54. The first-order valence-electron chi connectivity index (χ1n) is 10.7. The minimum atomic E-state index is -0.154. The standard InChI is InChI=1S/C20H37N5O3/c1-15(2)12-23-20(28)24-10-5-6-16(14-24)19(27)25-11-4-3-7-17(25)13-22-18(26)8-9-21/h15-17H,3-14,21H2,1-2H3,(H,22,26)(H,23,28). The van der Waals surface area contributed by atoms with Crippen LogP contribution in [-0.2, 0) is 9.59 Å². The molecule has 2 aliphatic heterocycles. The van der Waals surface area contributed by atoms with Gasteiger partial charge in [-0.15, -0.1) is 0 Å². The van der Waals surface area contributed by atoms with Gasteiger partial charge in [-0.1, -0.05) is 13.8 Å². The predicted molar refractivity (Wildman–Crippen MR) is 109 cm³/mol. The van der Waals surface area contributed by atoms with Crippen molar-refractivity contribution in [1.29, 1.82) is 0 Å². The van der Waals surface area contributed by atoms with Crippen LogP contribution in [0, 0.1) is 11.8 Å². The summed E-state index contributed by atoms with van der Waals surface area (Å²) in [4.78, 5) is 41.0. The molecule has 0 saturated carbocycles. The number of piperidine rings is 2. The summed E-state index contributed by atoms with van der Waals surface area (Å²) in [5, 5.41) is 5.86. The lowest BCUT2D eigenvalue weighted by atomic mass is 9.93. The van der Waals surface area contributed by atoms with E-state index in [-0.39, 0.29) is 29.8 Å². The average molecular weight is 396 g/mol. The van der Waals surface area contributed by atoms with Gasteiger partial charge in [0.05, 0.1) is 5.92 Å². The summed E-state index contributed by atoms with van der Waals surface area (Å²) in [5.74, 6) is 0.305. The molecule has 2 aliphatic rings. The Morgan fingerprint density at radius 1 is 1.07 bits per heavy atom. The average Bonchev–Trinajstić information content (AvgIpc) is 2.70. The largest absolute Gasteiger partial charge is 0.354 e. The van der Waals surface area contributed by atoms with Crippen LogP contribution in [0.1, 0.15) is 52.4 Å². The van der Waals surface area contributed by atoms with E-state index in [2.05, 4.69) is 24.5 Å². The zero-order chi connectivity index (χ0) is 20.5. The minimum Gasteiger partial charge on any atom is -0.354 e. The zero-order valence-corrected chi connectivity index (χ0v) is 17.4. The molecule has 2 heterocycles. The summed E-state index contributed by atoms with van der Waals surface area (Å²) < 4.78 is 0. The number of nitrogens with zero attached hydrogens (tertiary/aromatic N) is 2. The smallest absolute Gasteiger partial charge is 0.317 e. The fourth-order valence-corrected chi connectivity index (χ4v) is 3.95. The maximum absolute atomic E-state index is 13.2. The van der Waals surface area contributed by atoms with Crippen molar-refractivity contribution in [3.8, 4) is 0 Å². The number of hydrogen-bond donors (Lipinski definition) is 3. The second kappa shape index (κ2) is 11.2. The Morgan fingerprint density at radius 2 is 1.86 bits per heavy atom. The highest BCUT2D eigenvalue weighted by Crippen LogP contribution is 2.24. The van der Waals surface area contributed by atoms with Crippen molar-refractivity contribution in [1.82, 2.24) is 20.4 Å². The van der Waals surface area contributed by atoms with Crippen molar-refractivity contribution in [3.05, 3.63) is 0 Å². The lowest BCUT2D eigenvalue weighted by molar-refractivity contribution is -0.141. The highest BCUT2D eigenvalue weighted by atomic mass is 16.2. The van der Waals surface area contributed by atoms with Gasteiger partial charge in [0.2, 0.25) is 11.8 Å². The molecular weight excluding hydrogens is 358 g/mol. The van der Waals surface area contributed by atoms with E-state index in [1.165, 1.54) is 0 Å². The molecule has 4 N–H and O–H groups in total. The van der Waals surface area contributed by atoms with E-state index in [0.29, 0.717) is 45.1 Å². The van der Waals surface area contributed by atoms with Gasteiger partial charge < -0.3 is 26.2 Å². The van der Waals surface area contributed by atoms with Crippen molar-refractivity contribution in [3.63, 3.8) is 0 Å². The van der Waals surface area contributed by atoms with Crippen molar-refractivity contribution in [2.75, 3.05) is 39.3 Å². The Bertz CT molecular complexity index is 540. The van der Waals surface area contributed by atoms with Crippen LogP contribution in [0.3, 0.4) is 0 Å². The number of nitrogens with two attached hydrogens (primary N) is 1. The highest BCUT2D eigenvalue weighted by molar-refractivity contribution is 5.81. The highest BCUT2D eigenvalue weighted by Gasteiger charge is 2.35. The number of carbonyl (C=O) groups is 3. The lowest BCUT2D eigenvalue weighted by Gasteiger charge is -2.40. The van der Waals surface area contributed by atoms with Crippen LogP contribution in [0.5, 0.6) is 0 Å². The molecule has 0 aromatic carbocycles.